The van der Waals surface area contributed by atoms with Gasteiger partial charge in [-0.2, -0.15) is 0 Å². The van der Waals surface area contributed by atoms with Crippen LogP contribution < -0.4 is 0 Å². The minimum Gasteiger partial charge on any atom is -0.478 e. The van der Waals surface area contributed by atoms with Gasteiger partial charge in [-0.1, -0.05) is 12.1 Å². The summed E-state index contributed by atoms with van der Waals surface area (Å²) >= 11 is 0. The van der Waals surface area contributed by atoms with Gasteiger partial charge in [0.05, 0.1) is 16.6 Å². The average molecular weight is 258 g/mol. The number of sulfone groups is 1. The van der Waals surface area contributed by atoms with Gasteiger partial charge in [0.2, 0.25) is 9.84 Å². The first kappa shape index (κ1) is 13.7. The van der Waals surface area contributed by atoms with Crippen molar-refractivity contribution in [2.24, 2.45) is 0 Å². The van der Waals surface area contributed by atoms with Gasteiger partial charge in [0.1, 0.15) is 0 Å². The van der Waals surface area contributed by atoms with Crippen molar-refractivity contribution in [3.8, 4) is 0 Å². The molecule has 0 aromatic heterocycles. The van der Waals surface area contributed by atoms with E-state index in [9.17, 15) is 13.2 Å². The number of carboxylic acids is 1. The highest BCUT2D eigenvalue weighted by molar-refractivity contribution is 7.91. The minimum atomic E-state index is -3.73. The highest BCUT2D eigenvalue weighted by Crippen LogP contribution is 2.17. The van der Waals surface area contributed by atoms with E-state index in [-0.39, 0.29) is 16.6 Å². The molecule has 0 amide bonds. The number of hydrogen-bond donors (Lipinski definition) is 1. The average Bonchev–Trinajstić information content (AvgIpc) is 2.26. The lowest BCUT2D eigenvalue weighted by atomic mass is 10.2. The standard InChI is InChI=1S/C11H14O5S/c1-8(2)16-7-17(14,15)10-6-4-3-5-9(10)11(12)13/h3-6,8H,7H2,1-2H3,(H,12,13). The van der Waals surface area contributed by atoms with Crippen LogP contribution in [0.2, 0.25) is 0 Å². The fourth-order valence-corrected chi connectivity index (χ4v) is 2.56. The van der Waals surface area contributed by atoms with Crippen LogP contribution in [0.5, 0.6) is 0 Å². The lowest BCUT2D eigenvalue weighted by Gasteiger charge is -2.10. The van der Waals surface area contributed by atoms with Gasteiger partial charge in [0, 0.05) is 0 Å². The second kappa shape index (κ2) is 5.29. The minimum absolute atomic E-state index is 0.215. The Hall–Kier alpha value is -1.40. The first-order chi connectivity index (χ1) is 7.84. The van der Waals surface area contributed by atoms with Crippen molar-refractivity contribution in [2.75, 3.05) is 5.94 Å². The van der Waals surface area contributed by atoms with Crippen LogP contribution in [-0.2, 0) is 14.6 Å². The topological polar surface area (TPSA) is 80.7 Å². The lowest BCUT2D eigenvalue weighted by Crippen LogP contribution is -2.17. The molecule has 0 radical (unpaired) electrons. The molecule has 0 saturated heterocycles. The zero-order valence-corrected chi connectivity index (χ0v) is 10.4. The summed E-state index contributed by atoms with van der Waals surface area (Å²) < 4.78 is 28.8. The van der Waals surface area contributed by atoms with Crippen LogP contribution in [0, 0.1) is 0 Å². The summed E-state index contributed by atoms with van der Waals surface area (Å²) in [6.45, 7) is 3.41. The second-order valence-corrected chi connectivity index (χ2v) is 5.65. The van der Waals surface area contributed by atoms with E-state index in [0.717, 1.165) is 0 Å². The van der Waals surface area contributed by atoms with E-state index < -0.39 is 21.7 Å². The molecule has 1 aromatic rings. The normalized spacial score (nSPS) is 11.7. The van der Waals surface area contributed by atoms with E-state index in [1.54, 1.807) is 13.8 Å². The van der Waals surface area contributed by atoms with Gasteiger partial charge in [-0.05, 0) is 26.0 Å². The maximum Gasteiger partial charge on any atom is 0.337 e. The molecule has 0 spiro atoms. The molecule has 6 heteroatoms. The fraction of sp³-hybridized carbons (Fsp3) is 0.364. The first-order valence-electron chi connectivity index (χ1n) is 5.01. The predicted octanol–water partition coefficient (Wildman–Crippen LogP) is 1.54. The molecule has 5 nitrogen and oxygen atoms in total. The molecule has 0 aliphatic rings. The molecule has 17 heavy (non-hydrogen) atoms. The Labute approximate surface area is 100.0 Å². The number of aromatic carboxylic acids is 1. The largest absolute Gasteiger partial charge is 0.478 e. The van der Waals surface area contributed by atoms with Crippen molar-refractivity contribution in [1.29, 1.82) is 0 Å². The third kappa shape index (κ3) is 3.54. The maximum atomic E-state index is 11.9. The van der Waals surface area contributed by atoms with Crippen molar-refractivity contribution < 1.29 is 23.1 Å². The van der Waals surface area contributed by atoms with Crippen LogP contribution in [0.3, 0.4) is 0 Å². The molecule has 0 aliphatic heterocycles. The van der Waals surface area contributed by atoms with E-state index in [2.05, 4.69) is 0 Å². The van der Waals surface area contributed by atoms with Crippen molar-refractivity contribution in [1.82, 2.24) is 0 Å². The molecule has 0 aliphatic carbocycles. The Morgan fingerprint density at radius 2 is 1.94 bits per heavy atom. The van der Waals surface area contributed by atoms with Crippen LogP contribution in [-0.4, -0.2) is 31.5 Å². The summed E-state index contributed by atoms with van der Waals surface area (Å²) in [4.78, 5) is 10.7. The van der Waals surface area contributed by atoms with Crippen molar-refractivity contribution >= 4 is 15.8 Å². The van der Waals surface area contributed by atoms with E-state index >= 15 is 0 Å². The molecule has 0 bridgehead atoms. The number of benzene rings is 1. The first-order valence-corrected chi connectivity index (χ1v) is 6.66. The van der Waals surface area contributed by atoms with Gasteiger partial charge in [-0.25, -0.2) is 13.2 Å². The summed E-state index contributed by atoms with van der Waals surface area (Å²) in [5.74, 6) is -1.79. The molecule has 94 valence electrons. The quantitative estimate of drug-likeness (QED) is 0.866. The smallest absolute Gasteiger partial charge is 0.337 e. The number of hydrogen-bond acceptors (Lipinski definition) is 4. The van der Waals surface area contributed by atoms with E-state index in [1.165, 1.54) is 24.3 Å². The highest BCUT2D eigenvalue weighted by atomic mass is 32.2. The summed E-state index contributed by atoms with van der Waals surface area (Å²) in [6, 6.07) is 5.48. The summed E-state index contributed by atoms with van der Waals surface area (Å²) in [7, 11) is -3.73. The van der Waals surface area contributed by atoms with Crippen LogP contribution >= 0.6 is 0 Å². The number of ether oxygens (including phenoxy) is 1. The second-order valence-electron chi connectivity index (χ2n) is 3.75. The molecule has 1 N–H and O–H groups in total. The SMILES string of the molecule is CC(C)OCS(=O)(=O)c1ccccc1C(=O)O. The van der Waals surface area contributed by atoms with Crippen LogP contribution in [0.25, 0.3) is 0 Å². The summed E-state index contributed by atoms with van der Waals surface area (Å²) in [5.41, 5.74) is -0.236. The van der Waals surface area contributed by atoms with Crippen LogP contribution in [0.15, 0.2) is 29.2 Å². The highest BCUT2D eigenvalue weighted by Gasteiger charge is 2.22. The van der Waals surface area contributed by atoms with Crippen molar-refractivity contribution in [2.45, 2.75) is 24.8 Å². The Balaban J connectivity index is 3.11. The van der Waals surface area contributed by atoms with E-state index in [4.69, 9.17) is 9.84 Å². The molecule has 0 heterocycles. The van der Waals surface area contributed by atoms with Gasteiger partial charge in [-0.3, -0.25) is 0 Å². The molecule has 0 atom stereocenters. The van der Waals surface area contributed by atoms with Gasteiger partial charge >= 0.3 is 5.97 Å². The molecule has 0 unspecified atom stereocenters. The Morgan fingerprint density at radius 1 is 1.35 bits per heavy atom. The Morgan fingerprint density at radius 3 is 2.47 bits per heavy atom. The maximum absolute atomic E-state index is 11.9. The number of carbonyl (C=O) groups is 1. The van der Waals surface area contributed by atoms with Crippen molar-refractivity contribution in [3.05, 3.63) is 29.8 Å². The van der Waals surface area contributed by atoms with Gasteiger partial charge in [0.25, 0.3) is 0 Å². The van der Waals surface area contributed by atoms with Gasteiger partial charge < -0.3 is 9.84 Å². The lowest BCUT2D eigenvalue weighted by molar-refractivity contribution is 0.0692. The third-order valence-electron chi connectivity index (χ3n) is 2.01. The van der Waals surface area contributed by atoms with E-state index in [1.807, 2.05) is 0 Å². The number of rotatable bonds is 5. The predicted molar refractivity (Wildman–Crippen MR) is 61.7 cm³/mol. The third-order valence-corrected chi connectivity index (χ3v) is 3.48. The van der Waals surface area contributed by atoms with Gasteiger partial charge in [-0.15, -0.1) is 0 Å². The van der Waals surface area contributed by atoms with Crippen LogP contribution in [0.1, 0.15) is 24.2 Å². The monoisotopic (exact) mass is 258 g/mol. The Bertz CT molecular complexity index is 504. The molecule has 1 rings (SSSR count). The molecule has 1 aromatic carbocycles. The fourth-order valence-electron chi connectivity index (χ4n) is 1.20. The molecule has 0 fully saturated rings. The molecule has 0 saturated carbocycles. The zero-order chi connectivity index (χ0) is 13.1. The van der Waals surface area contributed by atoms with Crippen LogP contribution in [0.4, 0.5) is 0 Å². The van der Waals surface area contributed by atoms with E-state index in [0.29, 0.717) is 0 Å². The number of carboxylic acid groups (broad SMARTS) is 1. The molecular weight excluding hydrogens is 244 g/mol. The zero-order valence-electron chi connectivity index (χ0n) is 9.58. The van der Waals surface area contributed by atoms with Crippen molar-refractivity contribution in [3.63, 3.8) is 0 Å². The summed E-state index contributed by atoms with van der Waals surface area (Å²) in [6.07, 6.45) is -0.234. The molecular formula is C11H14O5S. The summed E-state index contributed by atoms with van der Waals surface area (Å²) in [5, 5.41) is 8.90. The van der Waals surface area contributed by atoms with Gasteiger partial charge in [0.15, 0.2) is 5.94 Å². The Kier molecular flexibility index (Phi) is 4.25.